The van der Waals surface area contributed by atoms with Crippen LogP contribution in [0.5, 0.6) is 0 Å². The minimum absolute atomic E-state index is 0.0523. The number of carbonyl (C=O) groups is 2. The smallest absolute Gasteiger partial charge is 0.306 e. The van der Waals surface area contributed by atoms with Crippen LogP contribution in [0.1, 0.15) is 59.8 Å². The predicted molar refractivity (Wildman–Crippen MR) is 70.1 cm³/mol. The van der Waals surface area contributed by atoms with Crippen LogP contribution in [0.4, 0.5) is 0 Å². The highest BCUT2D eigenvalue weighted by atomic mass is 16.5. The fourth-order valence-electron chi connectivity index (χ4n) is 1.37. The van der Waals surface area contributed by atoms with Crippen molar-refractivity contribution in [1.29, 1.82) is 0 Å². The quantitative estimate of drug-likeness (QED) is 0.471. The number of carbonyl (C=O) groups excluding carboxylic acids is 2. The molecule has 0 rings (SSSR count). The van der Waals surface area contributed by atoms with Crippen molar-refractivity contribution in [1.82, 2.24) is 0 Å². The first-order valence-electron chi connectivity index (χ1n) is 6.77. The van der Waals surface area contributed by atoms with Gasteiger partial charge in [0.2, 0.25) is 0 Å². The minimum atomic E-state index is -0.160. The highest BCUT2D eigenvalue weighted by Crippen LogP contribution is 2.06. The van der Waals surface area contributed by atoms with Crippen molar-refractivity contribution in [3.63, 3.8) is 0 Å². The van der Waals surface area contributed by atoms with Gasteiger partial charge in [0.25, 0.3) is 0 Å². The molecule has 0 saturated carbocycles. The van der Waals surface area contributed by atoms with Gasteiger partial charge in [-0.3, -0.25) is 9.59 Å². The van der Waals surface area contributed by atoms with E-state index in [1.54, 1.807) is 0 Å². The minimum Gasteiger partial charge on any atom is -0.465 e. The molecule has 0 heterocycles. The molecule has 0 bridgehead atoms. The van der Waals surface area contributed by atoms with E-state index in [2.05, 4.69) is 0 Å². The summed E-state index contributed by atoms with van der Waals surface area (Å²) in [5.41, 5.74) is 0. The van der Waals surface area contributed by atoms with E-state index < -0.39 is 0 Å². The summed E-state index contributed by atoms with van der Waals surface area (Å²) >= 11 is 0. The van der Waals surface area contributed by atoms with Crippen molar-refractivity contribution < 1.29 is 19.1 Å². The number of hydrogen-bond acceptors (Lipinski definition) is 4. The van der Waals surface area contributed by atoms with Crippen molar-refractivity contribution >= 4 is 11.9 Å². The molecule has 0 aliphatic carbocycles. The zero-order chi connectivity index (χ0) is 14.0. The summed E-state index contributed by atoms with van der Waals surface area (Å²) in [6.45, 7) is 8.17. The largest absolute Gasteiger partial charge is 0.465 e. The molecule has 0 fully saturated rings. The van der Waals surface area contributed by atoms with Gasteiger partial charge >= 0.3 is 11.9 Å². The molecule has 0 amide bonds. The fraction of sp³-hybridized carbons (Fsp3) is 0.857. The van der Waals surface area contributed by atoms with Crippen LogP contribution in [0.3, 0.4) is 0 Å². The third-order valence-corrected chi connectivity index (χ3v) is 2.21. The molecule has 4 heteroatoms. The topological polar surface area (TPSA) is 52.6 Å². The fourth-order valence-corrected chi connectivity index (χ4v) is 1.37. The molecule has 0 aliphatic rings. The molecular formula is C14H26O4. The van der Waals surface area contributed by atoms with Crippen LogP contribution in [0, 0.1) is 5.92 Å². The van der Waals surface area contributed by atoms with Crippen molar-refractivity contribution in [2.75, 3.05) is 6.61 Å². The zero-order valence-corrected chi connectivity index (χ0v) is 12.0. The third-order valence-electron chi connectivity index (χ3n) is 2.21. The molecular weight excluding hydrogens is 232 g/mol. The van der Waals surface area contributed by atoms with E-state index in [-0.39, 0.29) is 18.0 Å². The van der Waals surface area contributed by atoms with Crippen molar-refractivity contribution in [3.05, 3.63) is 0 Å². The maximum absolute atomic E-state index is 11.3. The monoisotopic (exact) mass is 258 g/mol. The van der Waals surface area contributed by atoms with Crippen LogP contribution in [0.2, 0.25) is 0 Å². The second-order valence-electron chi connectivity index (χ2n) is 5.18. The number of esters is 2. The Morgan fingerprint density at radius 1 is 0.889 bits per heavy atom. The van der Waals surface area contributed by atoms with Gasteiger partial charge in [-0.15, -0.1) is 0 Å². The van der Waals surface area contributed by atoms with Gasteiger partial charge < -0.3 is 9.47 Å². The molecule has 0 saturated heterocycles. The average molecular weight is 258 g/mol. The molecule has 0 spiro atoms. The Balaban J connectivity index is 3.40. The molecule has 0 unspecified atom stereocenters. The van der Waals surface area contributed by atoms with Gasteiger partial charge in [-0.2, -0.15) is 0 Å². The van der Waals surface area contributed by atoms with E-state index >= 15 is 0 Å². The number of rotatable bonds is 9. The summed E-state index contributed by atoms with van der Waals surface area (Å²) in [5, 5.41) is 0. The number of unbranched alkanes of at least 4 members (excludes halogenated alkanes) is 2. The molecule has 0 aromatic heterocycles. The molecule has 0 N–H and O–H groups in total. The maximum atomic E-state index is 11.3. The van der Waals surface area contributed by atoms with Crippen molar-refractivity contribution in [3.8, 4) is 0 Å². The van der Waals surface area contributed by atoms with Crippen LogP contribution in [0.25, 0.3) is 0 Å². The Morgan fingerprint density at radius 3 is 1.94 bits per heavy atom. The van der Waals surface area contributed by atoms with Gasteiger partial charge in [0, 0.05) is 12.8 Å². The zero-order valence-electron chi connectivity index (χ0n) is 12.0. The second kappa shape index (κ2) is 9.92. The lowest BCUT2D eigenvalue weighted by molar-refractivity contribution is -0.147. The van der Waals surface area contributed by atoms with Gasteiger partial charge in [-0.05, 0) is 32.6 Å². The lowest BCUT2D eigenvalue weighted by Crippen LogP contribution is -2.11. The lowest BCUT2D eigenvalue weighted by Gasteiger charge is -2.08. The lowest BCUT2D eigenvalue weighted by atomic mass is 10.1. The first-order chi connectivity index (χ1) is 8.41. The maximum Gasteiger partial charge on any atom is 0.306 e. The molecule has 106 valence electrons. The molecule has 0 aromatic carbocycles. The SMILES string of the molecule is CC(C)COC(=O)CCCCCC(=O)OC(C)C. The van der Waals surface area contributed by atoms with Crippen molar-refractivity contribution in [2.24, 2.45) is 5.92 Å². The van der Waals surface area contributed by atoms with Crippen LogP contribution < -0.4 is 0 Å². The average Bonchev–Trinajstić information content (AvgIpc) is 2.24. The van der Waals surface area contributed by atoms with E-state index in [0.29, 0.717) is 25.4 Å². The highest BCUT2D eigenvalue weighted by Gasteiger charge is 2.06. The summed E-state index contributed by atoms with van der Waals surface area (Å²) in [4.78, 5) is 22.5. The Kier molecular flexibility index (Phi) is 9.33. The van der Waals surface area contributed by atoms with Crippen molar-refractivity contribution in [2.45, 2.75) is 65.9 Å². The summed E-state index contributed by atoms with van der Waals surface area (Å²) in [5.74, 6) is 0.0700. The first-order valence-corrected chi connectivity index (χ1v) is 6.77. The van der Waals surface area contributed by atoms with Crippen LogP contribution in [-0.4, -0.2) is 24.6 Å². The summed E-state index contributed by atoms with van der Waals surface area (Å²) in [6, 6.07) is 0. The molecule has 0 radical (unpaired) electrons. The normalized spacial score (nSPS) is 10.8. The summed E-state index contributed by atoms with van der Waals surface area (Å²) < 4.78 is 10.1. The molecule has 18 heavy (non-hydrogen) atoms. The Morgan fingerprint density at radius 2 is 1.44 bits per heavy atom. The van der Waals surface area contributed by atoms with E-state index in [0.717, 1.165) is 19.3 Å². The first kappa shape index (κ1) is 16.9. The highest BCUT2D eigenvalue weighted by molar-refractivity contribution is 5.70. The van der Waals surface area contributed by atoms with Gasteiger partial charge in [-0.1, -0.05) is 20.3 Å². The Labute approximate surface area is 110 Å². The van der Waals surface area contributed by atoms with Crippen LogP contribution in [-0.2, 0) is 19.1 Å². The number of ether oxygens (including phenoxy) is 2. The summed E-state index contributed by atoms with van der Waals surface area (Å²) in [6.07, 6.45) is 3.20. The van der Waals surface area contributed by atoms with Crippen LogP contribution in [0.15, 0.2) is 0 Å². The molecule has 4 nitrogen and oxygen atoms in total. The van der Waals surface area contributed by atoms with E-state index in [1.807, 2.05) is 27.7 Å². The molecule has 0 atom stereocenters. The summed E-state index contributed by atoms with van der Waals surface area (Å²) in [7, 11) is 0. The van der Waals surface area contributed by atoms with Gasteiger partial charge in [0.05, 0.1) is 12.7 Å². The van der Waals surface area contributed by atoms with E-state index in [9.17, 15) is 9.59 Å². The van der Waals surface area contributed by atoms with E-state index in [1.165, 1.54) is 0 Å². The second-order valence-corrected chi connectivity index (χ2v) is 5.18. The van der Waals surface area contributed by atoms with Gasteiger partial charge in [0.1, 0.15) is 0 Å². The Hall–Kier alpha value is -1.06. The van der Waals surface area contributed by atoms with Gasteiger partial charge in [0.15, 0.2) is 0 Å². The molecule has 0 aliphatic heterocycles. The predicted octanol–water partition coefficient (Wildman–Crippen LogP) is 3.09. The Bertz CT molecular complexity index is 246. The van der Waals surface area contributed by atoms with Crippen LogP contribution >= 0.6 is 0 Å². The molecule has 0 aromatic rings. The number of hydrogen-bond donors (Lipinski definition) is 0. The standard InChI is InChI=1S/C14H26O4/c1-11(2)10-17-13(15)8-6-5-7-9-14(16)18-12(3)4/h11-12H,5-10H2,1-4H3. The van der Waals surface area contributed by atoms with E-state index in [4.69, 9.17) is 9.47 Å². The van der Waals surface area contributed by atoms with Gasteiger partial charge in [-0.25, -0.2) is 0 Å². The third kappa shape index (κ3) is 11.4.